The lowest BCUT2D eigenvalue weighted by Crippen LogP contribution is -2.61. The van der Waals surface area contributed by atoms with E-state index < -0.39 is 49.0 Å². The van der Waals surface area contributed by atoms with Crippen LogP contribution in [0, 0.1) is 0 Å². The van der Waals surface area contributed by atoms with Crippen LogP contribution in [0.5, 0.6) is 0 Å². The standard InChI is InChI=1S/C25H26F2N2O6/c1-14-22(24(31)32)29(10-11-34-14)23(30)20(12-21(26)27)28-25(33)35-13-19-17-8-4-2-6-15(17)16-7-3-5-9-18(16)19/h2-9,14,19-22H,10-13H2,1H3,(H,28,33)(H,31,32). The van der Waals surface area contributed by atoms with Crippen molar-refractivity contribution in [3.63, 3.8) is 0 Å². The molecule has 0 bridgehead atoms. The molecule has 1 aliphatic carbocycles. The van der Waals surface area contributed by atoms with Gasteiger partial charge >= 0.3 is 12.1 Å². The Labute approximate surface area is 200 Å². The first-order valence-electron chi connectivity index (χ1n) is 11.3. The summed E-state index contributed by atoms with van der Waals surface area (Å²) in [6.07, 6.45) is -5.73. The third-order valence-corrected chi connectivity index (χ3v) is 6.38. The highest BCUT2D eigenvalue weighted by atomic mass is 19.3. The number of halogens is 2. The quantitative estimate of drug-likeness (QED) is 0.620. The molecule has 0 aromatic heterocycles. The fourth-order valence-corrected chi connectivity index (χ4v) is 4.78. The van der Waals surface area contributed by atoms with Crippen LogP contribution in [0.4, 0.5) is 13.6 Å². The molecule has 4 rings (SSSR count). The number of aliphatic carboxylic acids is 1. The summed E-state index contributed by atoms with van der Waals surface area (Å²) >= 11 is 0. The van der Waals surface area contributed by atoms with E-state index in [1.165, 1.54) is 6.92 Å². The number of amides is 2. The van der Waals surface area contributed by atoms with E-state index in [0.717, 1.165) is 27.2 Å². The third kappa shape index (κ3) is 5.12. The van der Waals surface area contributed by atoms with E-state index >= 15 is 0 Å². The van der Waals surface area contributed by atoms with E-state index in [1.807, 2.05) is 48.5 Å². The largest absolute Gasteiger partial charge is 0.480 e. The number of carbonyl (C=O) groups is 3. The average Bonchev–Trinajstić information content (AvgIpc) is 3.15. The number of ether oxygens (including phenoxy) is 2. The van der Waals surface area contributed by atoms with E-state index in [-0.39, 0.29) is 25.7 Å². The fourth-order valence-electron chi connectivity index (χ4n) is 4.78. The van der Waals surface area contributed by atoms with Gasteiger partial charge in [0, 0.05) is 18.9 Å². The smallest absolute Gasteiger partial charge is 0.407 e. The summed E-state index contributed by atoms with van der Waals surface area (Å²) in [6.45, 7) is 1.40. The topological polar surface area (TPSA) is 105 Å². The number of carboxylic acids is 1. The number of carboxylic acid groups (broad SMARTS) is 1. The second-order valence-corrected chi connectivity index (χ2v) is 8.54. The minimum absolute atomic E-state index is 0.0538. The van der Waals surface area contributed by atoms with Crippen LogP contribution in [-0.4, -0.2) is 72.3 Å². The molecule has 1 aliphatic heterocycles. The number of benzene rings is 2. The number of hydrogen-bond acceptors (Lipinski definition) is 5. The van der Waals surface area contributed by atoms with Crippen molar-refractivity contribution < 1.29 is 37.7 Å². The zero-order chi connectivity index (χ0) is 25.1. The Morgan fingerprint density at radius 2 is 1.71 bits per heavy atom. The van der Waals surface area contributed by atoms with Gasteiger partial charge in [-0.05, 0) is 29.2 Å². The molecule has 2 amide bonds. The zero-order valence-corrected chi connectivity index (χ0v) is 19.0. The molecule has 2 aromatic rings. The van der Waals surface area contributed by atoms with E-state index in [4.69, 9.17) is 9.47 Å². The fraction of sp³-hybridized carbons (Fsp3) is 0.400. The van der Waals surface area contributed by atoms with Crippen molar-refractivity contribution in [3.8, 4) is 11.1 Å². The minimum Gasteiger partial charge on any atom is -0.480 e. The highest BCUT2D eigenvalue weighted by Gasteiger charge is 2.41. The molecule has 35 heavy (non-hydrogen) atoms. The molecule has 1 heterocycles. The van der Waals surface area contributed by atoms with Crippen LogP contribution in [0.3, 0.4) is 0 Å². The molecular weight excluding hydrogens is 462 g/mol. The molecule has 0 radical (unpaired) electrons. The molecule has 2 aromatic carbocycles. The second kappa shape index (κ2) is 10.4. The van der Waals surface area contributed by atoms with Crippen molar-refractivity contribution in [2.24, 2.45) is 0 Å². The van der Waals surface area contributed by atoms with Gasteiger partial charge in [-0.15, -0.1) is 0 Å². The normalized spacial score (nSPS) is 20.2. The summed E-state index contributed by atoms with van der Waals surface area (Å²) in [7, 11) is 0. The molecular formula is C25H26F2N2O6. The number of alkyl carbamates (subject to hydrolysis) is 1. The van der Waals surface area contributed by atoms with Crippen molar-refractivity contribution in [2.75, 3.05) is 19.8 Å². The molecule has 0 spiro atoms. The highest BCUT2D eigenvalue weighted by Crippen LogP contribution is 2.44. The maximum Gasteiger partial charge on any atom is 0.407 e. The van der Waals surface area contributed by atoms with Gasteiger partial charge in [-0.3, -0.25) is 4.79 Å². The Hall–Kier alpha value is -3.53. The van der Waals surface area contributed by atoms with Gasteiger partial charge in [0.05, 0.1) is 12.7 Å². The number of fused-ring (bicyclic) bond motifs is 3. The van der Waals surface area contributed by atoms with Crippen LogP contribution in [0.25, 0.3) is 11.1 Å². The summed E-state index contributed by atoms with van der Waals surface area (Å²) in [5.41, 5.74) is 4.02. The van der Waals surface area contributed by atoms with E-state index in [0.29, 0.717) is 0 Å². The molecule has 2 N–H and O–H groups in total. The zero-order valence-electron chi connectivity index (χ0n) is 19.0. The maximum atomic E-state index is 13.3. The van der Waals surface area contributed by atoms with Gasteiger partial charge in [0.2, 0.25) is 12.3 Å². The highest BCUT2D eigenvalue weighted by molar-refractivity contribution is 5.90. The van der Waals surface area contributed by atoms with Gasteiger partial charge in [0.25, 0.3) is 0 Å². The van der Waals surface area contributed by atoms with Gasteiger partial charge in [-0.1, -0.05) is 48.5 Å². The maximum absolute atomic E-state index is 13.3. The molecule has 1 fully saturated rings. The summed E-state index contributed by atoms with van der Waals surface area (Å²) < 4.78 is 37.2. The Balaban J connectivity index is 1.46. The summed E-state index contributed by atoms with van der Waals surface area (Å²) in [4.78, 5) is 38.2. The Bertz CT molecular complexity index is 1070. The number of rotatable bonds is 7. The van der Waals surface area contributed by atoms with E-state index in [1.54, 1.807) is 0 Å². The first-order chi connectivity index (χ1) is 16.8. The number of alkyl halides is 2. The van der Waals surface area contributed by atoms with E-state index in [2.05, 4.69) is 5.32 Å². The second-order valence-electron chi connectivity index (χ2n) is 8.54. The van der Waals surface area contributed by atoms with Gasteiger partial charge in [0.1, 0.15) is 12.6 Å². The number of nitrogens with one attached hydrogen (secondary N) is 1. The Morgan fingerprint density at radius 3 is 2.29 bits per heavy atom. The minimum atomic E-state index is -2.90. The van der Waals surface area contributed by atoms with Crippen molar-refractivity contribution in [1.29, 1.82) is 0 Å². The van der Waals surface area contributed by atoms with Crippen LogP contribution in [0.1, 0.15) is 30.4 Å². The lowest BCUT2D eigenvalue weighted by Gasteiger charge is -2.38. The molecule has 2 aliphatic rings. The SMILES string of the molecule is CC1OCCN(C(=O)C(CC(F)F)NC(=O)OCC2c3ccccc3-c3ccccc32)C1C(=O)O. The van der Waals surface area contributed by atoms with Gasteiger partial charge < -0.3 is 24.8 Å². The number of hydrogen-bond donors (Lipinski definition) is 2. The Kier molecular flexibility index (Phi) is 7.30. The van der Waals surface area contributed by atoms with Crippen LogP contribution in [-0.2, 0) is 19.1 Å². The van der Waals surface area contributed by atoms with Crippen molar-refractivity contribution in [1.82, 2.24) is 10.2 Å². The van der Waals surface area contributed by atoms with E-state index in [9.17, 15) is 28.3 Å². The monoisotopic (exact) mass is 488 g/mol. The molecule has 3 atom stereocenters. The molecule has 0 saturated carbocycles. The number of carbonyl (C=O) groups excluding carboxylic acids is 2. The lowest BCUT2D eigenvalue weighted by molar-refractivity contribution is -0.166. The molecule has 10 heteroatoms. The third-order valence-electron chi connectivity index (χ3n) is 6.38. The molecule has 1 saturated heterocycles. The summed E-state index contributed by atoms with van der Waals surface area (Å²) in [5.74, 6) is -2.47. The Morgan fingerprint density at radius 1 is 1.11 bits per heavy atom. The molecule has 3 unspecified atom stereocenters. The van der Waals surface area contributed by atoms with Crippen molar-refractivity contribution in [3.05, 3.63) is 59.7 Å². The predicted molar refractivity (Wildman–Crippen MR) is 121 cm³/mol. The van der Waals surface area contributed by atoms with Gasteiger partial charge in [-0.2, -0.15) is 0 Å². The van der Waals surface area contributed by atoms with Gasteiger partial charge in [0.15, 0.2) is 6.04 Å². The number of morpholine rings is 1. The molecule has 8 nitrogen and oxygen atoms in total. The lowest BCUT2D eigenvalue weighted by atomic mass is 9.98. The van der Waals surface area contributed by atoms with Gasteiger partial charge in [-0.25, -0.2) is 18.4 Å². The van der Waals surface area contributed by atoms with Crippen molar-refractivity contribution in [2.45, 2.75) is 43.9 Å². The van der Waals surface area contributed by atoms with Crippen LogP contribution < -0.4 is 5.32 Å². The number of nitrogens with zero attached hydrogens (tertiary/aromatic N) is 1. The van der Waals surface area contributed by atoms with Crippen LogP contribution >= 0.6 is 0 Å². The summed E-state index contributed by atoms with van der Waals surface area (Å²) in [6, 6.07) is 12.5. The summed E-state index contributed by atoms with van der Waals surface area (Å²) in [5, 5.41) is 11.7. The predicted octanol–water partition coefficient (Wildman–Crippen LogP) is 3.25. The van der Waals surface area contributed by atoms with Crippen LogP contribution in [0.2, 0.25) is 0 Å². The van der Waals surface area contributed by atoms with Crippen LogP contribution in [0.15, 0.2) is 48.5 Å². The first kappa shape index (κ1) is 24.6. The average molecular weight is 488 g/mol. The van der Waals surface area contributed by atoms with Crippen molar-refractivity contribution >= 4 is 18.0 Å². The first-order valence-corrected chi connectivity index (χ1v) is 11.3. The molecule has 186 valence electrons.